The van der Waals surface area contributed by atoms with Crippen molar-refractivity contribution in [1.29, 1.82) is 0 Å². The van der Waals surface area contributed by atoms with E-state index in [-0.39, 0.29) is 5.41 Å². The van der Waals surface area contributed by atoms with Gasteiger partial charge in [0, 0.05) is 11.5 Å². The Kier molecular flexibility index (Phi) is 4.20. The Morgan fingerprint density at radius 1 is 1.39 bits per heavy atom. The molecule has 1 unspecified atom stereocenters. The van der Waals surface area contributed by atoms with Gasteiger partial charge < -0.3 is 0 Å². The summed E-state index contributed by atoms with van der Waals surface area (Å²) in [6, 6.07) is 11.2. The van der Waals surface area contributed by atoms with Gasteiger partial charge in [-0.15, -0.1) is 6.58 Å². The summed E-state index contributed by atoms with van der Waals surface area (Å²) < 4.78 is 0. The molecule has 0 aromatic heterocycles. The molecule has 0 saturated heterocycles. The van der Waals surface area contributed by atoms with Gasteiger partial charge in [0.25, 0.3) is 0 Å². The minimum absolute atomic E-state index is 0.242. The Bertz CT molecular complexity index is 393. The van der Waals surface area contributed by atoms with E-state index in [1.807, 2.05) is 0 Å². The summed E-state index contributed by atoms with van der Waals surface area (Å²) in [4.78, 5) is 0. The number of nitrogens with two attached hydrogens (primary N) is 1. The molecule has 1 fully saturated rings. The number of hydrogen-bond donors (Lipinski definition) is 2. The molecular formula is C16H24N2. The van der Waals surface area contributed by atoms with Crippen LogP contribution in [0.4, 0.5) is 0 Å². The summed E-state index contributed by atoms with van der Waals surface area (Å²) >= 11 is 0. The van der Waals surface area contributed by atoms with Gasteiger partial charge in [0.2, 0.25) is 0 Å². The highest BCUT2D eigenvalue weighted by atomic mass is 15.2. The fourth-order valence-corrected chi connectivity index (χ4v) is 3.08. The maximum absolute atomic E-state index is 5.81. The Morgan fingerprint density at radius 2 is 2.06 bits per heavy atom. The fraction of sp³-hybridized carbons (Fsp3) is 0.500. The standard InChI is InChI=1S/C16H24N2/c1-13(2)9-10-15(18-17)16(11-6-12-16)14-7-4-3-5-8-14/h3-5,7-8,15,18H,1,6,9-12,17H2,2H3. The van der Waals surface area contributed by atoms with Gasteiger partial charge in [-0.3, -0.25) is 11.3 Å². The van der Waals surface area contributed by atoms with Crippen LogP contribution in [-0.4, -0.2) is 6.04 Å². The third-order valence-corrected chi connectivity index (χ3v) is 4.32. The van der Waals surface area contributed by atoms with E-state index in [1.165, 1.54) is 30.4 Å². The number of rotatable bonds is 6. The van der Waals surface area contributed by atoms with E-state index < -0.39 is 0 Å². The zero-order valence-electron chi connectivity index (χ0n) is 11.3. The van der Waals surface area contributed by atoms with Crippen LogP contribution in [-0.2, 0) is 5.41 Å². The monoisotopic (exact) mass is 244 g/mol. The van der Waals surface area contributed by atoms with Crippen molar-refractivity contribution in [2.45, 2.75) is 50.5 Å². The van der Waals surface area contributed by atoms with Crippen LogP contribution < -0.4 is 11.3 Å². The quantitative estimate of drug-likeness (QED) is 0.458. The minimum atomic E-state index is 0.242. The van der Waals surface area contributed by atoms with Crippen LogP contribution in [0, 0.1) is 0 Å². The Morgan fingerprint density at radius 3 is 2.50 bits per heavy atom. The molecule has 2 nitrogen and oxygen atoms in total. The highest BCUT2D eigenvalue weighted by Crippen LogP contribution is 2.47. The zero-order chi connectivity index (χ0) is 13.0. The molecule has 2 rings (SSSR count). The van der Waals surface area contributed by atoms with E-state index in [0.717, 1.165) is 12.8 Å². The van der Waals surface area contributed by atoms with Crippen molar-refractivity contribution in [2.24, 2.45) is 5.84 Å². The highest BCUT2D eigenvalue weighted by Gasteiger charge is 2.44. The zero-order valence-corrected chi connectivity index (χ0v) is 11.3. The van der Waals surface area contributed by atoms with Crippen LogP contribution in [0.5, 0.6) is 0 Å². The van der Waals surface area contributed by atoms with Gasteiger partial charge in [-0.2, -0.15) is 0 Å². The van der Waals surface area contributed by atoms with Gasteiger partial charge in [0.05, 0.1) is 0 Å². The highest BCUT2D eigenvalue weighted by molar-refractivity contribution is 5.30. The molecule has 18 heavy (non-hydrogen) atoms. The molecule has 0 bridgehead atoms. The maximum atomic E-state index is 5.81. The second-order valence-electron chi connectivity index (χ2n) is 5.59. The molecule has 1 aromatic rings. The van der Waals surface area contributed by atoms with Crippen LogP contribution in [0.1, 0.15) is 44.6 Å². The number of allylic oxidation sites excluding steroid dienone is 1. The Balaban J connectivity index is 2.17. The molecule has 1 aliphatic rings. The summed E-state index contributed by atoms with van der Waals surface area (Å²) in [5.41, 5.74) is 5.96. The lowest BCUT2D eigenvalue weighted by Gasteiger charge is -2.48. The number of hydrogen-bond acceptors (Lipinski definition) is 2. The number of benzene rings is 1. The first-order valence-corrected chi connectivity index (χ1v) is 6.85. The average molecular weight is 244 g/mol. The normalized spacial score (nSPS) is 19.0. The molecule has 0 radical (unpaired) electrons. The lowest BCUT2D eigenvalue weighted by atomic mass is 9.59. The SMILES string of the molecule is C=C(C)CCC(NN)C1(c2ccccc2)CCC1. The molecule has 2 heteroatoms. The average Bonchev–Trinajstić information content (AvgIpc) is 2.33. The van der Waals surface area contributed by atoms with E-state index in [0.29, 0.717) is 6.04 Å². The van der Waals surface area contributed by atoms with Gasteiger partial charge in [0.15, 0.2) is 0 Å². The third-order valence-electron chi connectivity index (χ3n) is 4.32. The van der Waals surface area contributed by atoms with Crippen molar-refractivity contribution in [3.8, 4) is 0 Å². The predicted octanol–water partition coefficient (Wildman–Crippen LogP) is 3.30. The number of nitrogens with one attached hydrogen (secondary N) is 1. The molecule has 1 saturated carbocycles. The van der Waals surface area contributed by atoms with Gasteiger partial charge in [-0.25, -0.2) is 0 Å². The molecular weight excluding hydrogens is 220 g/mol. The maximum Gasteiger partial charge on any atom is 0.0310 e. The molecule has 1 atom stereocenters. The first kappa shape index (κ1) is 13.3. The summed E-state index contributed by atoms with van der Waals surface area (Å²) in [5, 5.41) is 0. The summed E-state index contributed by atoms with van der Waals surface area (Å²) in [7, 11) is 0. The molecule has 0 spiro atoms. The van der Waals surface area contributed by atoms with Crippen LogP contribution in [0.15, 0.2) is 42.5 Å². The third kappa shape index (κ3) is 2.50. The second-order valence-corrected chi connectivity index (χ2v) is 5.59. The van der Waals surface area contributed by atoms with E-state index in [2.05, 4.69) is 49.3 Å². The summed E-state index contributed by atoms with van der Waals surface area (Å²) in [6.07, 6.45) is 5.90. The number of hydrazine groups is 1. The van der Waals surface area contributed by atoms with Gasteiger partial charge >= 0.3 is 0 Å². The fourth-order valence-electron chi connectivity index (χ4n) is 3.08. The predicted molar refractivity (Wildman–Crippen MR) is 77.1 cm³/mol. The van der Waals surface area contributed by atoms with E-state index in [9.17, 15) is 0 Å². The molecule has 0 aliphatic heterocycles. The smallest absolute Gasteiger partial charge is 0.0310 e. The molecule has 3 N–H and O–H groups in total. The van der Waals surface area contributed by atoms with Crippen molar-refractivity contribution in [3.05, 3.63) is 48.0 Å². The van der Waals surface area contributed by atoms with Crippen LogP contribution >= 0.6 is 0 Å². The topological polar surface area (TPSA) is 38.0 Å². The van der Waals surface area contributed by atoms with Gasteiger partial charge in [-0.1, -0.05) is 42.3 Å². The van der Waals surface area contributed by atoms with Crippen LogP contribution in [0.3, 0.4) is 0 Å². The van der Waals surface area contributed by atoms with Crippen molar-refractivity contribution in [2.75, 3.05) is 0 Å². The van der Waals surface area contributed by atoms with Crippen molar-refractivity contribution >= 4 is 0 Å². The van der Waals surface area contributed by atoms with Crippen LogP contribution in [0.2, 0.25) is 0 Å². The molecule has 1 aliphatic carbocycles. The molecule has 0 amide bonds. The van der Waals surface area contributed by atoms with Gasteiger partial charge in [0.1, 0.15) is 0 Å². The Hall–Kier alpha value is -1.12. The molecule has 98 valence electrons. The Labute approximate surface area is 110 Å². The van der Waals surface area contributed by atoms with Crippen molar-refractivity contribution < 1.29 is 0 Å². The second kappa shape index (κ2) is 5.68. The first-order chi connectivity index (χ1) is 8.69. The lowest BCUT2D eigenvalue weighted by Crippen LogP contribution is -2.55. The molecule has 0 heterocycles. The minimum Gasteiger partial charge on any atom is -0.271 e. The van der Waals surface area contributed by atoms with E-state index in [1.54, 1.807) is 0 Å². The van der Waals surface area contributed by atoms with Gasteiger partial charge in [-0.05, 0) is 38.2 Å². The summed E-state index contributed by atoms with van der Waals surface area (Å²) in [6.45, 7) is 6.08. The molecule has 1 aromatic carbocycles. The lowest BCUT2D eigenvalue weighted by molar-refractivity contribution is 0.162. The van der Waals surface area contributed by atoms with E-state index >= 15 is 0 Å². The van der Waals surface area contributed by atoms with Crippen molar-refractivity contribution in [1.82, 2.24) is 5.43 Å². The van der Waals surface area contributed by atoms with Crippen LogP contribution in [0.25, 0.3) is 0 Å². The largest absolute Gasteiger partial charge is 0.271 e. The first-order valence-electron chi connectivity index (χ1n) is 6.85. The van der Waals surface area contributed by atoms with E-state index in [4.69, 9.17) is 5.84 Å². The van der Waals surface area contributed by atoms with Crippen molar-refractivity contribution in [3.63, 3.8) is 0 Å². The summed E-state index contributed by atoms with van der Waals surface area (Å²) in [5.74, 6) is 5.81.